The van der Waals surface area contributed by atoms with E-state index in [4.69, 9.17) is 0 Å². The molecule has 0 aliphatic carbocycles. The van der Waals surface area contributed by atoms with E-state index in [0.29, 0.717) is 12.3 Å². The van der Waals surface area contributed by atoms with Gasteiger partial charge < -0.3 is 10.0 Å². The number of hydrogen-bond acceptors (Lipinski definition) is 6. The number of nitrogens with zero attached hydrogens (tertiary/aromatic N) is 4. The minimum atomic E-state index is -0.417. The first-order chi connectivity index (χ1) is 16.7. The van der Waals surface area contributed by atoms with Crippen LogP contribution in [0.3, 0.4) is 0 Å². The van der Waals surface area contributed by atoms with Gasteiger partial charge in [-0.2, -0.15) is 0 Å². The summed E-state index contributed by atoms with van der Waals surface area (Å²) >= 11 is 5.08. The molecule has 1 aromatic heterocycles. The molecule has 1 N–H and O–H groups in total. The number of aliphatic hydroxyl groups excluding tert-OH is 1. The Kier molecular flexibility index (Phi) is 7.45. The van der Waals surface area contributed by atoms with Crippen LogP contribution < -0.4 is 4.90 Å². The highest BCUT2D eigenvalue weighted by molar-refractivity contribution is 9.10. The summed E-state index contributed by atoms with van der Waals surface area (Å²) in [6.45, 7) is 4.56. The van der Waals surface area contributed by atoms with E-state index in [1.54, 1.807) is 11.8 Å². The summed E-state index contributed by atoms with van der Waals surface area (Å²) < 4.78 is 1.04. The first kappa shape index (κ1) is 23.3. The monoisotopic (exact) mass is 534 g/mol. The molecule has 1 aliphatic heterocycles. The number of rotatable bonds is 7. The molecule has 34 heavy (non-hydrogen) atoms. The summed E-state index contributed by atoms with van der Waals surface area (Å²) in [5.74, 6) is 0.592. The van der Waals surface area contributed by atoms with Gasteiger partial charge in [-0.1, -0.05) is 70.5 Å². The average molecular weight is 536 g/mol. The van der Waals surface area contributed by atoms with Gasteiger partial charge in [-0.15, -0.1) is 22.0 Å². The predicted octanol–water partition coefficient (Wildman–Crippen LogP) is 5.33. The highest BCUT2D eigenvalue weighted by atomic mass is 79.9. The van der Waals surface area contributed by atoms with Crippen LogP contribution in [0.2, 0.25) is 0 Å². The van der Waals surface area contributed by atoms with Crippen LogP contribution in [0.5, 0.6) is 0 Å². The van der Waals surface area contributed by atoms with Crippen LogP contribution in [0.1, 0.15) is 0 Å². The second-order valence-corrected chi connectivity index (χ2v) is 10.4. The fourth-order valence-corrected chi connectivity index (χ4v) is 5.51. The van der Waals surface area contributed by atoms with Crippen LogP contribution in [0.15, 0.2) is 88.4 Å². The maximum atomic E-state index is 10.7. The molecular formula is C27H27BrN4OS. The molecule has 1 fully saturated rings. The zero-order valence-electron chi connectivity index (χ0n) is 18.8. The summed E-state index contributed by atoms with van der Waals surface area (Å²) in [6, 6.07) is 26.9. The maximum absolute atomic E-state index is 10.7. The zero-order valence-corrected chi connectivity index (χ0v) is 21.3. The van der Waals surface area contributed by atoms with Crippen molar-refractivity contribution in [3.05, 3.63) is 83.3 Å². The summed E-state index contributed by atoms with van der Waals surface area (Å²) in [6.07, 6.45) is -0.417. The van der Waals surface area contributed by atoms with Crippen molar-refractivity contribution in [2.75, 3.05) is 43.4 Å². The second-order valence-electron chi connectivity index (χ2n) is 8.49. The number of para-hydroxylation sites is 1. The molecule has 0 spiro atoms. The molecule has 1 saturated heterocycles. The lowest BCUT2D eigenvalue weighted by molar-refractivity contribution is 0.126. The fourth-order valence-electron chi connectivity index (χ4n) is 4.36. The third-order valence-corrected chi connectivity index (χ3v) is 7.80. The Balaban J connectivity index is 1.21. The van der Waals surface area contributed by atoms with Gasteiger partial charge in [-0.3, -0.25) is 4.90 Å². The van der Waals surface area contributed by atoms with E-state index in [0.717, 1.165) is 57.7 Å². The minimum Gasteiger partial charge on any atom is -0.391 e. The van der Waals surface area contributed by atoms with Gasteiger partial charge in [0.15, 0.2) is 0 Å². The number of aromatic nitrogens is 2. The van der Waals surface area contributed by atoms with Crippen molar-refractivity contribution in [3.63, 3.8) is 0 Å². The Hall–Kier alpha value is -2.45. The molecule has 174 valence electrons. The normalized spacial score (nSPS) is 15.5. The van der Waals surface area contributed by atoms with Crippen LogP contribution in [-0.4, -0.2) is 64.8 Å². The lowest BCUT2D eigenvalue weighted by atomic mass is 10.1. The lowest BCUT2D eigenvalue weighted by Gasteiger charge is -2.36. The number of aliphatic hydroxyl groups is 1. The third kappa shape index (κ3) is 5.44. The van der Waals surface area contributed by atoms with E-state index in [1.165, 1.54) is 5.69 Å². The van der Waals surface area contributed by atoms with Crippen LogP contribution in [0, 0.1) is 0 Å². The molecule has 0 amide bonds. The molecule has 5 nitrogen and oxygen atoms in total. The van der Waals surface area contributed by atoms with Crippen molar-refractivity contribution in [1.82, 2.24) is 15.1 Å². The standard InChI is InChI=1S/C27H27BrN4OS/c28-21-12-10-20(11-13-21)26-24-8-4-5-9-25(24)27(30-29-26)34-19-23(33)18-31-14-16-32(17-15-31)22-6-2-1-3-7-22/h1-13,23,33H,14-19H2. The number of piperazine rings is 1. The van der Waals surface area contributed by atoms with Gasteiger partial charge in [0.2, 0.25) is 0 Å². The number of thioether (sulfide) groups is 1. The first-order valence-corrected chi connectivity index (χ1v) is 13.3. The predicted molar refractivity (Wildman–Crippen MR) is 144 cm³/mol. The smallest absolute Gasteiger partial charge is 0.127 e. The van der Waals surface area contributed by atoms with Gasteiger partial charge in [0, 0.05) is 65.0 Å². The largest absolute Gasteiger partial charge is 0.391 e. The van der Waals surface area contributed by atoms with E-state index < -0.39 is 6.10 Å². The zero-order chi connectivity index (χ0) is 23.3. The number of benzene rings is 3. The Morgan fingerprint density at radius 1 is 0.824 bits per heavy atom. The van der Waals surface area contributed by atoms with Gasteiger partial charge in [0.25, 0.3) is 0 Å². The highest BCUT2D eigenvalue weighted by Gasteiger charge is 2.20. The van der Waals surface area contributed by atoms with Crippen LogP contribution in [0.25, 0.3) is 22.0 Å². The Bertz CT molecular complexity index is 1230. The van der Waals surface area contributed by atoms with Gasteiger partial charge in [-0.25, -0.2) is 0 Å². The van der Waals surface area contributed by atoms with E-state index >= 15 is 0 Å². The van der Waals surface area contributed by atoms with Crippen LogP contribution in [-0.2, 0) is 0 Å². The van der Waals surface area contributed by atoms with Gasteiger partial charge in [0.05, 0.1) is 6.10 Å². The molecule has 1 unspecified atom stereocenters. The topological polar surface area (TPSA) is 52.5 Å². The SMILES string of the molecule is OC(CSc1nnc(-c2ccc(Br)cc2)c2ccccc12)CN1CCN(c2ccccc2)CC1. The molecule has 1 aliphatic rings. The fraction of sp³-hybridized carbons (Fsp3) is 0.259. The molecule has 3 aromatic carbocycles. The van der Waals surface area contributed by atoms with Crippen molar-refractivity contribution in [2.45, 2.75) is 11.1 Å². The summed E-state index contributed by atoms with van der Waals surface area (Å²) in [7, 11) is 0. The van der Waals surface area contributed by atoms with E-state index in [-0.39, 0.29) is 0 Å². The summed E-state index contributed by atoms with van der Waals surface area (Å²) in [5.41, 5.74) is 3.19. The molecule has 5 rings (SSSR count). The van der Waals surface area contributed by atoms with Gasteiger partial charge in [-0.05, 0) is 24.3 Å². The first-order valence-electron chi connectivity index (χ1n) is 11.5. The van der Waals surface area contributed by atoms with Crippen molar-refractivity contribution in [3.8, 4) is 11.3 Å². The molecule has 0 radical (unpaired) electrons. The van der Waals surface area contributed by atoms with Crippen LogP contribution >= 0.6 is 27.7 Å². The number of β-amino-alcohol motifs (C(OH)–C–C–N with tert-alkyl or cyclic N) is 1. The second kappa shape index (κ2) is 10.9. The number of hydrogen-bond donors (Lipinski definition) is 1. The van der Waals surface area contributed by atoms with Gasteiger partial charge in [0.1, 0.15) is 10.7 Å². The lowest BCUT2D eigenvalue weighted by Crippen LogP contribution is -2.48. The van der Waals surface area contributed by atoms with Crippen LogP contribution in [0.4, 0.5) is 5.69 Å². The molecular weight excluding hydrogens is 508 g/mol. The van der Waals surface area contributed by atoms with E-state index in [2.05, 4.69) is 90.5 Å². The Labute approximate surface area is 212 Å². The number of fused-ring (bicyclic) bond motifs is 1. The average Bonchev–Trinajstić information content (AvgIpc) is 2.89. The molecule has 0 bridgehead atoms. The maximum Gasteiger partial charge on any atom is 0.127 e. The Morgan fingerprint density at radius 3 is 2.24 bits per heavy atom. The number of halogens is 1. The minimum absolute atomic E-state index is 0.417. The molecule has 4 aromatic rings. The van der Waals surface area contributed by atoms with Crippen molar-refractivity contribution in [1.29, 1.82) is 0 Å². The Morgan fingerprint density at radius 2 is 1.50 bits per heavy atom. The van der Waals surface area contributed by atoms with Crippen molar-refractivity contribution >= 4 is 44.2 Å². The summed E-state index contributed by atoms with van der Waals surface area (Å²) in [4.78, 5) is 4.76. The molecule has 7 heteroatoms. The van der Waals surface area contributed by atoms with E-state index in [9.17, 15) is 5.11 Å². The summed E-state index contributed by atoms with van der Waals surface area (Å²) in [5, 5.41) is 22.9. The molecule has 0 saturated carbocycles. The molecule has 1 atom stereocenters. The van der Waals surface area contributed by atoms with Crippen molar-refractivity contribution in [2.24, 2.45) is 0 Å². The molecule has 2 heterocycles. The van der Waals surface area contributed by atoms with Gasteiger partial charge >= 0.3 is 0 Å². The van der Waals surface area contributed by atoms with Crippen molar-refractivity contribution < 1.29 is 5.11 Å². The quantitative estimate of drug-likeness (QED) is 0.323. The van der Waals surface area contributed by atoms with E-state index in [1.807, 2.05) is 24.3 Å². The third-order valence-electron chi connectivity index (χ3n) is 6.15. The highest BCUT2D eigenvalue weighted by Crippen LogP contribution is 2.32. The number of anilines is 1.